The minimum atomic E-state index is -4.43. The van der Waals surface area contributed by atoms with Gasteiger partial charge in [0.2, 0.25) is 5.82 Å². The Kier molecular flexibility index (Phi) is 6.57. The van der Waals surface area contributed by atoms with Crippen molar-refractivity contribution in [2.45, 2.75) is 57.8 Å². The molecule has 4 aromatic rings. The van der Waals surface area contributed by atoms with Crippen molar-refractivity contribution in [3.8, 4) is 11.4 Å². The SMILES string of the molecule is Cc1cccc(-c2nc3nc(C(=O)O)nc(NC4CCCCC4)c3n2Cc2ccc(C(F)(F)F)cc2)c1. The monoisotopic (exact) mass is 509 g/mol. The van der Waals surface area contributed by atoms with E-state index in [1.54, 1.807) is 0 Å². The van der Waals surface area contributed by atoms with E-state index < -0.39 is 17.7 Å². The van der Waals surface area contributed by atoms with Crippen LogP contribution in [0.2, 0.25) is 0 Å². The molecule has 2 aromatic carbocycles. The predicted molar refractivity (Wildman–Crippen MR) is 133 cm³/mol. The van der Waals surface area contributed by atoms with Crippen molar-refractivity contribution in [3.05, 3.63) is 71.0 Å². The van der Waals surface area contributed by atoms with Gasteiger partial charge in [0, 0.05) is 18.2 Å². The summed E-state index contributed by atoms with van der Waals surface area (Å²) < 4.78 is 41.2. The van der Waals surface area contributed by atoms with Gasteiger partial charge in [0.05, 0.1) is 5.56 Å². The number of carboxylic acid groups (broad SMARTS) is 1. The van der Waals surface area contributed by atoms with E-state index in [2.05, 4.69) is 15.3 Å². The van der Waals surface area contributed by atoms with Crippen molar-refractivity contribution in [2.75, 3.05) is 5.32 Å². The van der Waals surface area contributed by atoms with E-state index in [4.69, 9.17) is 4.98 Å². The van der Waals surface area contributed by atoms with Crippen LogP contribution in [0.25, 0.3) is 22.6 Å². The average Bonchev–Trinajstić information content (AvgIpc) is 3.23. The standard InChI is InChI=1S/C27H26F3N5O2/c1-16-6-5-7-18(14-16)25-34-23-21(35(25)15-17-10-12-19(13-11-17)27(28,29)30)22(32-24(33-23)26(36)37)31-20-8-3-2-4-9-20/h5-7,10-14,20H,2-4,8-9,15H2,1H3,(H,36,37)(H,31,32,33). The lowest BCUT2D eigenvalue weighted by Crippen LogP contribution is -2.24. The van der Waals surface area contributed by atoms with Crippen LogP contribution in [0.1, 0.15) is 59.4 Å². The Morgan fingerprint density at radius 2 is 1.78 bits per heavy atom. The van der Waals surface area contributed by atoms with Crippen molar-refractivity contribution < 1.29 is 23.1 Å². The summed E-state index contributed by atoms with van der Waals surface area (Å²) in [5.41, 5.74) is 2.43. The zero-order valence-corrected chi connectivity index (χ0v) is 20.2. The number of nitrogens with zero attached hydrogens (tertiary/aromatic N) is 4. The molecule has 0 amide bonds. The number of nitrogens with one attached hydrogen (secondary N) is 1. The number of aromatic carboxylic acids is 1. The highest BCUT2D eigenvalue weighted by molar-refractivity contribution is 5.92. The number of fused-ring (bicyclic) bond motifs is 1. The van der Waals surface area contributed by atoms with E-state index in [1.807, 2.05) is 35.8 Å². The fraction of sp³-hybridized carbons (Fsp3) is 0.333. The van der Waals surface area contributed by atoms with Crippen LogP contribution in [0, 0.1) is 6.92 Å². The van der Waals surface area contributed by atoms with Crippen molar-refractivity contribution in [3.63, 3.8) is 0 Å². The maximum atomic E-state index is 13.1. The molecule has 2 N–H and O–H groups in total. The van der Waals surface area contributed by atoms with Gasteiger partial charge in [0.1, 0.15) is 11.3 Å². The second-order valence-corrected chi connectivity index (χ2v) is 9.44. The summed E-state index contributed by atoms with van der Waals surface area (Å²) in [5.74, 6) is -0.724. The molecule has 0 spiro atoms. The fourth-order valence-corrected chi connectivity index (χ4v) is 4.81. The van der Waals surface area contributed by atoms with Crippen molar-refractivity contribution in [1.82, 2.24) is 19.5 Å². The number of anilines is 1. The molecule has 2 heterocycles. The molecule has 10 heteroatoms. The minimum Gasteiger partial charge on any atom is -0.475 e. The summed E-state index contributed by atoms with van der Waals surface area (Å²) in [5, 5.41) is 13.1. The van der Waals surface area contributed by atoms with Crippen LogP contribution < -0.4 is 5.32 Å². The number of hydrogen-bond acceptors (Lipinski definition) is 5. The van der Waals surface area contributed by atoms with Gasteiger partial charge < -0.3 is 15.0 Å². The van der Waals surface area contributed by atoms with E-state index in [-0.39, 0.29) is 24.1 Å². The number of aryl methyl sites for hydroxylation is 1. The van der Waals surface area contributed by atoms with E-state index in [0.29, 0.717) is 22.7 Å². The number of alkyl halides is 3. The van der Waals surface area contributed by atoms with Gasteiger partial charge in [-0.25, -0.2) is 19.7 Å². The molecule has 0 aliphatic heterocycles. The highest BCUT2D eigenvalue weighted by atomic mass is 19.4. The molecule has 0 radical (unpaired) electrons. The predicted octanol–water partition coefficient (Wildman–Crippen LogP) is 6.31. The number of hydrogen-bond donors (Lipinski definition) is 2. The second kappa shape index (κ2) is 9.84. The van der Waals surface area contributed by atoms with Crippen molar-refractivity contribution in [2.24, 2.45) is 0 Å². The molecule has 1 aliphatic carbocycles. The Bertz CT molecular complexity index is 1440. The highest BCUT2D eigenvalue weighted by Gasteiger charge is 2.30. The molecule has 37 heavy (non-hydrogen) atoms. The van der Waals surface area contributed by atoms with Gasteiger partial charge in [-0.15, -0.1) is 0 Å². The molecule has 192 valence electrons. The smallest absolute Gasteiger partial charge is 0.416 e. The number of aromatic nitrogens is 4. The Morgan fingerprint density at radius 3 is 2.43 bits per heavy atom. The highest BCUT2D eigenvalue weighted by Crippen LogP contribution is 2.33. The van der Waals surface area contributed by atoms with E-state index >= 15 is 0 Å². The molecule has 5 rings (SSSR count). The summed E-state index contributed by atoms with van der Waals surface area (Å²) in [4.78, 5) is 25.1. The molecule has 1 fully saturated rings. The van der Waals surface area contributed by atoms with Gasteiger partial charge in [0.15, 0.2) is 11.5 Å². The Morgan fingerprint density at radius 1 is 1.05 bits per heavy atom. The molecule has 0 saturated heterocycles. The van der Waals surface area contributed by atoms with E-state index in [1.165, 1.54) is 12.1 Å². The average molecular weight is 510 g/mol. The van der Waals surface area contributed by atoms with Crippen molar-refractivity contribution >= 4 is 23.0 Å². The van der Waals surface area contributed by atoms with Gasteiger partial charge in [-0.3, -0.25) is 0 Å². The van der Waals surface area contributed by atoms with Gasteiger partial charge in [-0.05, 0) is 43.5 Å². The fourth-order valence-electron chi connectivity index (χ4n) is 4.81. The summed E-state index contributed by atoms with van der Waals surface area (Å²) in [6, 6.07) is 12.8. The zero-order valence-electron chi connectivity index (χ0n) is 20.2. The molecular formula is C27H26F3N5O2. The molecule has 7 nitrogen and oxygen atoms in total. The summed E-state index contributed by atoms with van der Waals surface area (Å²) >= 11 is 0. The first-order chi connectivity index (χ1) is 17.7. The van der Waals surface area contributed by atoms with Crippen molar-refractivity contribution in [1.29, 1.82) is 0 Å². The first-order valence-corrected chi connectivity index (χ1v) is 12.2. The third-order valence-corrected chi connectivity index (χ3v) is 6.64. The maximum Gasteiger partial charge on any atom is 0.416 e. The first-order valence-electron chi connectivity index (χ1n) is 12.2. The zero-order chi connectivity index (χ0) is 26.2. The van der Waals surface area contributed by atoms with Gasteiger partial charge >= 0.3 is 12.1 Å². The van der Waals surface area contributed by atoms with Crippen LogP contribution in [0.3, 0.4) is 0 Å². The van der Waals surface area contributed by atoms with E-state index in [9.17, 15) is 23.1 Å². The number of rotatable bonds is 6. The van der Waals surface area contributed by atoms with Gasteiger partial charge in [-0.1, -0.05) is 55.2 Å². The van der Waals surface area contributed by atoms with Gasteiger partial charge in [-0.2, -0.15) is 13.2 Å². The lowest BCUT2D eigenvalue weighted by molar-refractivity contribution is -0.137. The normalized spacial score (nSPS) is 14.7. The lowest BCUT2D eigenvalue weighted by Gasteiger charge is -2.24. The number of imidazole rings is 1. The maximum absolute atomic E-state index is 13.1. The Labute approximate surface area is 211 Å². The number of halogens is 3. The van der Waals surface area contributed by atoms with Crippen LogP contribution in [0.15, 0.2) is 48.5 Å². The second-order valence-electron chi connectivity index (χ2n) is 9.44. The molecular weight excluding hydrogens is 483 g/mol. The summed E-state index contributed by atoms with van der Waals surface area (Å²) in [6.07, 6.45) is 0.734. The summed E-state index contributed by atoms with van der Waals surface area (Å²) in [7, 11) is 0. The van der Waals surface area contributed by atoms with Crippen LogP contribution >= 0.6 is 0 Å². The number of benzene rings is 2. The van der Waals surface area contributed by atoms with Crippen LogP contribution in [-0.2, 0) is 12.7 Å². The molecule has 0 bridgehead atoms. The lowest BCUT2D eigenvalue weighted by atomic mass is 9.95. The first kappa shape index (κ1) is 24.7. The molecule has 0 unspecified atom stereocenters. The number of carbonyl (C=O) groups is 1. The van der Waals surface area contributed by atoms with Crippen LogP contribution in [0.4, 0.5) is 19.0 Å². The molecule has 2 aromatic heterocycles. The molecule has 1 aliphatic rings. The third kappa shape index (κ3) is 5.28. The Balaban J connectivity index is 1.68. The minimum absolute atomic E-state index is 0.130. The van der Waals surface area contributed by atoms with Crippen LogP contribution in [-0.4, -0.2) is 36.6 Å². The Hall–Kier alpha value is -3.95. The third-order valence-electron chi connectivity index (χ3n) is 6.64. The molecule has 0 atom stereocenters. The van der Waals surface area contributed by atoms with Gasteiger partial charge in [0.25, 0.3) is 0 Å². The van der Waals surface area contributed by atoms with E-state index in [0.717, 1.165) is 55.4 Å². The largest absolute Gasteiger partial charge is 0.475 e. The number of carboxylic acids is 1. The van der Waals surface area contributed by atoms with Crippen LogP contribution in [0.5, 0.6) is 0 Å². The molecule has 1 saturated carbocycles. The summed E-state index contributed by atoms with van der Waals surface area (Å²) in [6.45, 7) is 2.15. The topological polar surface area (TPSA) is 92.9 Å². The quantitative estimate of drug-likeness (QED) is 0.316.